The summed E-state index contributed by atoms with van der Waals surface area (Å²) < 4.78 is 10.9. The van der Waals surface area contributed by atoms with E-state index in [1.807, 2.05) is 48.5 Å². The monoisotopic (exact) mass is 381 g/mol. The van der Waals surface area contributed by atoms with Gasteiger partial charge in [0.05, 0.1) is 19.8 Å². The lowest BCUT2D eigenvalue weighted by Gasteiger charge is -2.14. The lowest BCUT2D eigenvalue weighted by molar-refractivity contribution is 0.0975. The Morgan fingerprint density at radius 1 is 1.25 bits per heavy atom. The fraction of sp³-hybridized carbons (Fsp3) is 0.364. The number of aliphatic imine (C=N–C) groups is 1. The van der Waals surface area contributed by atoms with E-state index in [2.05, 4.69) is 22.5 Å². The third-order valence-corrected chi connectivity index (χ3v) is 4.67. The Labute approximate surface area is 166 Å². The fourth-order valence-corrected chi connectivity index (χ4v) is 3.00. The average molecular weight is 381 g/mol. The molecule has 2 aromatic rings. The van der Waals surface area contributed by atoms with Gasteiger partial charge in [0.2, 0.25) is 5.96 Å². The van der Waals surface area contributed by atoms with Crippen LogP contribution in [0.3, 0.4) is 0 Å². The highest BCUT2D eigenvalue weighted by Crippen LogP contribution is 2.17. The standard InChI is InChI=1S/C22H27N3O3/c1-3-16-9-11-17(12-10-16)21(26)25-22(23-15-20-8-5-13-28-20)24-18-6-4-7-19(14-18)27-2/h4,6-7,9-12,14,20H,3,5,8,13,15H2,1-2H3,(H2,23,24,25,26)/t20-/m0/s1. The van der Waals surface area contributed by atoms with Crippen molar-refractivity contribution in [1.82, 2.24) is 5.32 Å². The number of amides is 1. The van der Waals surface area contributed by atoms with Crippen molar-refractivity contribution in [2.45, 2.75) is 32.3 Å². The number of guanidine groups is 1. The largest absolute Gasteiger partial charge is 0.497 e. The van der Waals surface area contributed by atoms with Crippen molar-refractivity contribution >= 4 is 17.6 Å². The van der Waals surface area contributed by atoms with Crippen molar-refractivity contribution in [2.75, 3.05) is 25.6 Å². The van der Waals surface area contributed by atoms with E-state index in [0.29, 0.717) is 18.1 Å². The molecule has 1 heterocycles. The number of carbonyl (C=O) groups is 1. The second kappa shape index (κ2) is 9.90. The van der Waals surface area contributed by atoms with E-state index in [9.17, 15) is 4.79 Å². The lowest BCUT2D eigenvalue weighted by atomic mass is 10.1. The summed E-state index contributed by atoms with van der Waals surface area (Å²) in [5.41, 5.74) is 2.57. The Hall–Kier alpha value is -2.86. The van der Waals surface area contributed by atoms with Gasteiger partial charge in [-0.3, -0.25) is 10.1 Å². The summed E-state index contributed by atoms with van der Waals surface area (Å²) in [4.78, 5) is 17.2. The summed E-state index contributed by atoms with van der Waals surface area (Å²) in [5.74, 6) is 0.919. The first kappa shape index (κ1) is 19.9. The van der Waals surface area contributed by atoms with E-state index in [-0.39, 0.29) is 12.0 Å². The molecule has 2 N–H and O–H groups in total. The topological polar surface area (TPSA) is 72.0 Å². The first-order chi connectivity index (χ1) is 13.7. The van der Waals surface area contributed by atoms with E-state index in [1.54, 1.807) is 7.11 Å². The van der Waals surface area contributed by atoms with E-state index >= 15 is 0 Å². The summed E-state index contributed by atoms with van der Waals surface area (Å²) in [6.45, 7) is 3.36. The van der Waals surface area contributed by atoms with E-state index < -0.39 is 0 Å². The minimum Gasteiger partial charge on any atom is -0.497 e. The Morgan fingerprint density at radius 3 is 2.75 bits per heavy atom. The molecule has 6 heteroatoms. The number of anilines is 1. The zero-order valence-electron chi connectivity index (χ0n) is 16.4. The molecule has 0 radical (unpaired) electrons. The quantitative estimate of drug-likeness (QED) is 0.592. The molecule has 28 heavy (non-hydrogen) atoms. The van der Waals surface area contributed by atoms with Gasteiger partial charge in [0, 0.05) is 23.9 Å². The maximum Gasteiger partial charge on any atom is 0.257 e. The van der Waals surface area contributed by atoms with Crippen molar-refractivity contribution < 1.29 is 14.3 Å². The zero-order chi connectivity index (χ0) is 19.8. The van der Waals surface area contributed by atoms with Crippen LogP contribution < -0.4 is 15.4 Å². The highest BCUT2D eigenvalue weighted by atomic mass is 16.5. The minimum absolute atomic E-state index is 0.0999. The van der Waals surface area contributed by atoms with Crippen LogP contribution in [0.4, 0.5) is 5.69 Å². The number of ether oxygens (including phenoxy) is 2. The van der Waals surface area contributed by atoms with Gasteiger partial charge in [-0.15, -0.1) is 0 Å². The molecule has 0 bridgehead atoms. The molecule has 1 aliphatic rings. The van der Waals surface area contributed by atoms with E-state index in [4.69, 9.17) is 9.47 Å². The summed E-state index contributed by atoms with van der Waals surface area (Å²) >= 11 is 0. The molecule has 1 amide bonds. The van der Waals surface area contributed by atoms with Gasteiger partial charge in [-0.05, 0) is 49.1 Å². The molecule has 1 fully saturated rings. The van der Waals surface area contributed by atoms with Gasteiger partial charge in [-0.25, -0.2) is 4.99 Å². The molecule has 148 valence electrons. The van der Waals surface area contributed by atoms with Gasteiger partial charge >= 0.3 is 0 Å². The molecule has 0 aliphatic carbocycles. The number of aryl methyl sites for hydroxylation is 1. The van der Waals surface area contributed by atoms with Crippen LogP contribution in [0.5, 0.6) is 5.75 Å². The SMILES string of the molecule is CCc1ccc(C(=O)NC(=NC[C@@H]2CCCO2)Nc2cccc(OC)c2)cc1. The lowest BCUT2D eigenvalue weighted by Crippen LogP contribution is -2.36. The van der Waals surface area contributed by atoms with Gasteiger partial charge in [-0.2, -0.15) is 0 Å². The summed E-state index contributed by atoms with van der Waals surface area (Å²) in [6.07, 6.45) is 3.08. The van der Waals surface area contributed by atoms with Crippen LogP contribution in [0.1, 0.15) is 35.7 Å². The number of rotatable bonds is 6. The van der Waals surface area contributed by atoms with Crippen LogP contribution in [0.25, 0.3) is 0 Å². The highest BCUT2D eigenvalue weighted by Gasteiger charge is 2.16. The predicted molar refractivity (Wildman–Crippen MR) is 111 cm³/mol. The Morgan fingerprint density at radius 2 is 2.07 bits per heavy atom. The molecular formula is C22H27N3O3. The van der Waals surface area contributed by atoms with Crippen LogP contribution in [0, 0.1) is 0 Å². The third kappa shape index (κ3) is 5.57. The van der Waals surface area contributed by atoms with Crippen molar-refractivity contribution in [3.05, 3.63) is 59.7 Å². The number of nitrogens with one attached hydrogen (secondary N) is 2. The number of hydrogen-bond acceptors (Lipinski definition) is 4. The van der Waals surface area contributed by atoms with Gasteiger partial charge in [-0.1, -0.05) is 25.1 Å². The van der Waals surface area contributed by atoms with Crippen molar-refractivity contribution in [2.24, 2.45) is 4.99 Å². The first-order valence-corrected chi connectivity index (χ1v) is 9.65. The normalized spacial score (nSPS) is 16.6. The third-order valence-electron chi connectivity index (χ3n) is 4.67. The van der Waals surface area contributed by atoms with Crippen molar-refractivity contribution in [1.29, 1.82) is 0 Å². The Bertz CT molecular complexity index is 812. The van der Waals surface area contributed by atoms with Crippen LogP contribution in [0.15, 0.2) is 53.5 Å². The maximum absolute atomic E-state index is 12.7. The highest BCUT2D eigenvalue weighted by molar-refractivity contribution is 6.10. The number of benzene rings is 2. The van der Waals surface area contributed by atoms with Crippen molar-refractivity contribution in [3.8, 4) is 5.75 Å². The van der Waals surface area contributed by atoms with Crippen LogP contribution >= 0.6 is 0 Å². The molecule has 6 nitrogen and oxygen atoms in total. The average Bonchev–Trinajstić information content (AvgIpc) is 3.26. The molecule has 1 atom stereocenters. The number of carbonyl (C=O) groups excluding carboxylic acids is 1. The fourth-order valence-electron chi connectivity index (χ4n) is 3.00. The van der Waals surface area contributed by atoms with E-state index in [1.165, 1.54) is 5.56 Å². The second-order valence-electron chi connectivity index (χ2n) is 6.69. The van der Waals surface area contributed by atoms with Gasteiger partial charge in [0.25, 0.3) is 5.91 Å². The summed E-state index contributed by atoms with van der Waals surface area (Å²) in [5, 5.41) is 6.07. The van der Waals surface area contributed by atoms with Gasteiger partial charge in [0.1, 0.15) is 5.75 Å². The number of nitrogens with zero attached hydrogens (tertiary/aromatic N) is 1. The maximum atomic E-state index is 12.7. The Kier molecular flexibility index (Phi) is 7.03. The van der Waals surface area contributed by atoms with E-state index in [0.717, 1.165) is 37.3 Å². The zero-order valence-corrected chi connectivity index (χ0v) is 16.4. The minimum atomic E-state index is -0.205. The van der Waals surface area contributed by atoms with Crippen molar-refractivity contribution in [3.63, 3.8) is 0 Å². The van der Waals surface area contributed by atoms with Gasteiger partial charge < -0.3 is 14.8 Å². The Balaban J connectivity index is 1.73. The first-order valence-electron chi connectivity index (χ1n) is 9.65. The summed E-state index contributed by atoms with van der Waals surface area (Å²) in [6, 6.07) is 15.1. The molecule has 0 spiro atoms. The molecule has 1 aliphatic heterocycles. The van der Waals surface area contributed by atoms with Crippen LogP contribution in [-0.2, 0) is 11.2 Å². The number of hydrogen-bond donors (Lipinski definition) is 2. The van der Waals surface area contributed by atoms with Crippen LogP contribution in [0.2, 0.25) is 0 Å². The summed E-state index contributed by atoms with van der Waals surface area (Å²) in [7, 11) is 1.62. The second-order valence-corrected chi connectivity index (χ2v) is 6.69. The molecule has 3 rings (SSSR count). The molecule has 0 saturated carbocycles. The van der Waals surface area contributed by atoms with Gasteiger partial charge in [0.15, 0.2) is 0 Å². The molecular weight excluding hydrogens is 354 g/mol. The molecule has 0 aromatic heterocycles. The molecule has 1 saturated heterocycles. The smallest absolute Gasteiger partial charge is 0.257 e. The molecule has 2 aromatic carbocycles. The molecule has 0 unspecified atom stereocenters. The van der Waals surface area contributed by atoms with Crippen LogP contribution in [-0.4, -0.2) is 38.2 Å². The predicted octanol–water partition coefficient (Wildman–Crippen LogP) is 3.63. The number of methoxy groups -OCH3 is 1.